The Morgan fingerprint density at radius 2 is 1.92 bits per heavy atom. The predicted molar refractivity (Wildman–Crippen MR) is 91.7 cm³/mol. The number of rotatable bonds is 9. The molecule has 0 aromatic heterocycles. The molecule has 134 valence electrons. The van der Waals surface area contributed by atoms with Gasteiger partial charge in [-0.1, -0.05) is 37.6 Å². The molecule has 0 aliphatic heterocycles. The van der Waals surface area contributed by atoms with Crippen molar-refractivity contribution in [3.63, 3.8) is 0 Å². The monoisotopic (exact) mass is 347 g/mol. The van der Waals surface area contributed by atoms with Gasteiger partial charge in [-0.25, -0.2) is 0 Å². The fourth-order valence-corrected chi connectivity index (χ4v) is 2.47. The third kappa shape index (κ3) is 5.63. The molecule has 2 aromatic rings. The standard InChI is InChI=1S/C18H21NO6/c1-3-4-5-18(25-19(21)22)24-17(20)11-13-6-7-15-12-16(23-2)9-8-14(15)10-13/h6-10,12,18H,3-5,11H2,1-2H3. The molecule has 0 aliphatic rings. The molecule has 0 N–H and O–H groups in total. The van der Waals surface area contributed by atoms with E-state index in [0.717, 1.165) is 28.5 Å². The second-order valence-corrected chi connectivity index (χ2v) is 5.61. The Labute approximate surface area is 145 Å². The number of carbonyl (C=O) groups is 1. The average molecular weight is 347 g/mol. The summed E-state index contributed by atoms with van der Waals surface area (Å²) >= 11 is 0. The molecule has 0 heterocycles. The van der Waals surface area contributed by atoms with Crippen molar-refractivity contribution in [2.75, 3.05) is 7.11 Å². The summed E-state index contributed by atoms with van der Waals surface area (Å²) in [7, 11) is 1.60. The van der Waals surface area contributed by atoms with Crippen LogP contribution in [0.25, 0.3) is 10.8 Å². The Hall–Kier alpha value is -2.83. The molecular formula is C18H21NO6. The Balaban J connectivity index is 2.03. The van der Waals surface area contributed by atoms with Crippen LogP contribution in [-0.2, 0) is 20.8 Å². The molecule has 0 bridgehead atoms. The minimum Gasteiger partial charge on any atom is -0.497 e. The Kier molecular flexibility index (Phi) is 6.56. The van der Waals surface area contributed by atoms with Crippen LogP contribution in [0, 0.1) is 10.1 Å². The van der Waals surface area contributed by atoms with Gasteiger partial charge >= 0.3 is 5.97 Å². The second-order valence-electron chi connectivity index (χ2n) is 5.61. The topological polar surface area (TPSA) is 87.9 Å². The number of nitrogens with zero attached hydrogens (tertiary/aromatic N) is 1. The smallest absolute Gasteiger partial charge is 0.312 e. The van der Waals surface area contributed by atoms with Crippen LogP contribution in [-0.4, -0.2) is 24.5 Å². The van der Waals surface area contributed by atoms with E-state index in [4.69, 9.17) is 9.47 Å². The van der Waals surface area contributed by atoms with E-state index in [1.54, 1.807) is 7.11 Å². The summed E-state index contributed by atoms with van der Waals surface area (Å²) in [6, 6.07) is 11.2. The van der Waals surface area contributed by atoms with Gasteiger partial charge in [-0.05, 0) is 34.9 Å². The van der Waals surface area contributed by atoms with E-state index in [2.05, 4.69) is 4.84 Å². The first-order valence-electron chi connectivity index (χ1n) is 8.09. The van der Waals surface area contributed by atoms with Gasteiger partial charge in [0.05, 0.1) is 13.5 Å². The number of methoxy groups -OCH3 is 1. The summed E-state index contributed by atoms with van der Waals surface area (Å²) in [5.41, 5.74) is 0.762. The van der Waals surface area contributed by atoms with E-state index < -0.39 is 17.3 Å². The van der Waals surface area contributed by atoms with E-state index >= 15 is 0 Å². The van der Waals surface area contributed by atoms with Crippen molar-refractivity contribution < 1.29 is 24.2 Å². The lowest BCUT2D eigenvalue weighted by Crippen LogP contribution is -2.25. The van der Waals surface area contributed by atoms with Crippen molar-refractivity contribution in [2.24, 2.45) is 0 Å². The maximum atomic E-state index is 12.1. The van der Waals surface area contributed by atoms with Crippen LogP contribution >= 0.6 is 0 Å². The second kappa shape index (κ2) is 8.86. The quantitative estimate of drug-likeness (QED) is 0.298. The zero-order valence-electron chi connectivity index (χ0n) is 14.3. The molecular weight excluding hydrogens is 326 g/mol. The highest BCUT2D eigenvalue weighted by Gasteiger charge is 2.18. The van der Waals surface area contributed by atoms with Crippen molar-refractivity contribution in [3.05, 3.63) is 52.1 Å². The van der Waals surface area contributed by atoms with Crippen LogP contribution in [0.15, 0.2) is 36.4 Å². The summed E-state index contributed by atoms with van der Waals surface area (Å²) in [6.45, 7) is 1.94. The van der Waals surface area contributed by atoms with Gasteiger partial charge in [-0.15, -0.1) is 10.1 Å². The van der Waals surface area contributed by atoms with Crippen LogP contribution < -0.4 is 4.74 Å². The minimum absolute atomic E-state index is 0.0195. The molecule has 7 nitrogen and oxygen atoms in total. The molecule has 0 aliphatic carbocycles. The molecule has 0 saturated heterocycles. The van der Waals surface area contributed by atoms with E-state index in [1.165, 1.54) is 0 Å². The maximum Gasteiger partial charge on any atom is 0.312 e. The lowest BCUT2D eigenvalue weighted by molar-refractivity contribution is -0.779. The number of ether oxygens (including phenoxy) is 2. The minimum atomic E-state index is -1.16. The van der Waals surface area contributed by atoms with Crippen molar-refractivity contribution in [1.29, 1.82) is 0 Å². The Bertz CT molecular complexity index is 745. The van der Waals surface area contributed by atoms with Crippen LogP contribution in [0.1, 0.15) is 31.7 Å². The van der Waals surface area contributed by atoms with Crippen molar-refractivity contribution in [1.82, 2.24) is 0 Å². The number of hydrogen-bond donors (Lipinski definition) is 0. The van der Waals surface area contributed by atoms with Crippen molar-refractivity contribution in [3.8, 4) is 5.75 Å². The summed E-state index contributed by atoms with van der Waals surface area (Å²) < 4.78 is 10.3. The lowest BCUT2D eigenvalue weighted by atomic mass is 10.0. The van der Waals surface area contributed by atoms with Gasteiger partial charge in [0.2, 0.25) is 6.29 Å². The van der Waals surface area contributed by atoms with Gasteiger partial charge in [0.25, 0.3) is 5.09 Å². The van der Waals surface area contributed by atoms with E-state index in [9.17, 15) is 14.9 Å². The molecule has 2 aromatic carbocycles. The van der Waals surface area contributed by atoms with Gasteiger partial charge in [0, 0.05) is 6.42 Å². The molecule has 25 heavy (non-hydrogen) atoms. The molecule has 2 rings (SSSR count). The number of fused-ring (bicyclic) bond motifs is 1. The normalized spacial score (nSPS) is 11.8. The van der Waals surface area contributed by atoms with Crippen LogP contribution in [0.4, 0.5) is 0 Å². The number of carbonyl (C=O) groups excluding carboxylic acids is 1. The number of unbranched alkanes of at least 4 members (excludes halogenated alkanes) is 1. The highest BCUT2D eigenvalue weighted by molar-refractivity contribution is 5.85. The third-order valence-electron chi connectivity index (χ3n) is 3.72. The summed E-state index contributed by atoms with van der Waals surface area (Å²) in [5, 5.41) is 11.5. The summed E-state index contributed by atoms with van der Waals surface area (Å²) in [6.07, 6.45) is 0.645. The SMILES string of the molecule is CCCCC(OC(=O)Cc1ccc2cc(OC)ccc2c1)O[N+](=O)[O-]. The van der Waals surface area contributed by atoms with Crippen molar-refractivity contribution >= 4 is 16.7 Å². The van der Waals surface area contributed by atoms with Gasteiger partial charge < -0.3 is 9.47 Å². The zero-order valence-corrected chi connectivity index (χ0v) is 14.3. The average Bonchev–Trinajstić information content (AvgIpc) is 2.58. The summed E-state index contributed by atoms with van der Waals surface area (Å²) in [4.78, 5) is 27.0. The first-order chi connectivity index (χ1) is 12.0. The summed E-state index contributed by atoms with van der Waals surface area (Å²) in [5.74, 6) is 0.200. The molecule has 0 amide bonds. The first kappa shape index (κ1) is 18.5. The number of hydrogen-bond acceptors (Lipinski definition) is 6. The molecule has 7 heteroatoms. The number of benzene rings is 2. The van der Waals surface area contributed by atoms with E-state index in [1.807, 2.05) is 43.3 Å². The molecule has 0 radical (unpaired) electrons. The van der Waals surface area contributed by atoms with Crippen LogP contribution in [0.3, 0.4) is 0 Å². The maximum absolute atomic E-state index is 12.1. The molecule has 0 spiro atoms. The number of esters is 1. The van der Waals surface area contributed by atoms with Gasteiger partial charge in [0.1, 0.15) is 5.75 Å². The fourth-order valence-electron chi connectivity index (χ4n) is 2.47. The Morgan fingerprint density at radius 3 is 2.60 bits per heavy atom. The predicted octanol–water partition coefficient (Wildman–Crippen LogP) is 3.66. The zero-order chi connectivity index (χ0) is 18.2. The lowest BCUT2D eigenvalue weighted by Gasteiger charge is -2.15. The van der Waals surface area contributed by atoms with Crippen LogP contribution in [0.2, 0.25) is 0 Å². The Morgan fingerprint density at radius 1 is 1.20 bits per heavy atom. The van der Waals surface area contributed by atoms with Crippen LogP contribution in [0.5, 0.6) is 5.75 Å². The van der Waals surface area contributed by atoms with E-state index in [-0.39, 0.29) is 6.42 Å². The molecule has 1 unspecified atom stereocenters. The highest BCUT2D eigenvalue weighted by atomic mass is 17.0. The van der Waals surface area contributed by atoms with Crippen molar-refractivity contribution in [2.45, 2.75) is 38.9 Å². The first-order valence-corrected chi connectivity index (χ1v) is 8.09. The largest absolute Gasteiger partial charge is 0.497 e. The van der Waals surface area contributed by atoms with E-state index in [0.29, 0.717) is 12.8 Å². The van der Waals surface area contributed by atoms with Gasteiger partial charge in [-0.2, -0.15) is 0 Å². The molecule has 0 saturated carbocycles. The molecule has 0 fully saturated rings. The fraction of sp³-hybridized carbons (Fsp3) is 0.389. The molecule has 1 atom stereocenters. The van der Waals surface area contributed by atoms with Gasteiger partial charge in [0.15, 0.2) is 0 Å². The third-order valence-corrected chi connectivity index (χ3v) is 3.72. The highest BCUT2D eigenvalue weighted by Crippen LogP contribution is 2.22. The van der Waals surface area contributed by atoms with Gasteiger partial charge in [-0.3, -0.25) is 9.63 Å².